The van der Waals surface area contributed by atoms with Crippen LogP contribution in [-0.4, -0.2) is 12.6 Å². The highest BCUT2D eigenvalue weighted by Gasteiger charge is 2.20. The Labute approximate surface area is 87.0 Å². The Balaban J connectivity index is 2.12. The molecule has 0 aromatic rings. The number of ether oxygens (including phenoxy) is 1. The number of hydrogen-bond acceptors (Lipinski definition) is 2. The van der Waals surface area contributed by atoms with Crippen LogP contribution in [0.15, 0.2) is 0 Å². The molecule has 0 aliphatic heterocycles. The summed E-state index contributed by atoms with van der Waals surface area (Å²) in [6.45, 7) is 4.39. The van der Waals surface area contributed by atoms with Crippen LogP contribution in [0.5, 0.6) is 0 Å². The molecule has 0 N–H and O–H groups in total. The highest BCUT2D eigenvalue weighted by molar-refractivity contribution is 5.65. The Morgan fingerprint density at radius 1 is 1.21 bits per heavy atom. The van der Waals surface area contributed by atoms with E-state index in [2.05, 4.69) is 6.92 Å². The molecule has 1 aliphatic rings. The summed E-state index contributed by atoms with van der Waals surface area (Å²) in [7, 11) is 0. The first-order chi connectivity index (χ1) is 6.72. The second-order valence-electron chi connectivity index (χ2n) is 4.48. The van der Waals surface area contributed by atoms with Gasteiger partial charge in [-0.1, -0.05) is 32.6 Å². The van der Waals surface area contributed by atoms with Gasteiger partial charge in [0.15, 0.2) is 0 Å². The van der Waals surface area contributed by atoms with E-state index >= 15 is 0 Å². The molecule has 1 saturated carbocycles. The van der Waals surface area contributed by atoms with Crippen LogP contribution in [0, 0.1) is 11.8 Å². The summed E-state index contributed by atoms with van der Waals surface area (Å²) in [5.74, 6) is 1.43. The minimum Gasteiger partial charge on any atom is -0.466 e. The topological polar surface area (TPSA) is 26.3 Å². The number of hydrogen-bond donors (Lipinski definition) is 0. The third-order valence-electron chi connectivity index (χ3n) is 3.19. The van der Waals surface area contributed by atoms with Crippen molar-refractivity contribution < 1.29 is 9.53 Å². The Morgan fingerprint density at radius 3 is 2.29 bits per heavy atom. The zero-order valence-electron chi connectivity index (χ0n) is 9.42. The van der Waals surface area contributed by atoms with Crippen molar-refractivity contribution in [3.63, 3.8) is 0 Å². The molecule has 0 amide bonds. The summed E-state index contributed by atoms with van der Waals surface area (Å²) in [4.78, 5) is 10.6. The zero-order chi connectivity index (χ0) is 10.4. The van der Waals surface area contributed by atoms with Gasteiger partial charge in [0.1, 0.15) is 0 Å². The maximum atomic E-state index is 10.6. The lowest BCUT2D eigenvalue weighted by molar-refractivity contribution is -0.142. The van der Waals surface area contributed by atoms with Crippen molar-refractivity contribution in [1.29, 1.82) is 0 Å². The van der Waals surface area contributed by atoms with E-state index in [1.165, 1.54) is 45.4 Å². The van der Waals surface area contributed by atoms with Gasteiger partial charge in [0.2, 0.25) is 0 Å². The number of rotatable bonds is 4. The van der Waals surface area contributed by atoms with E-state index in [-0.39, 0.29) is 5.97 Å². The SMILES string of the molecule is CCCC1CCC(COC(C)=O)CC1. The molecular formula is C12H22O2. The number of esters is 1. The summed E-state index contributed by atoms with van der Waals surface area (Å²) in [6.07, 6.45) is 7.84. The van der Waals surface area contributed by atoms with Gasteiger partial charge in [-0.05, 0) is 24.7 Å². The van der Waals surface area contributed by atoms with Gasteiger partial charge < -0.3 is 4.74 Å². The van der Waals surface area contributed by atoms with E-state index in [1.54, 1.807) is 0 Å². The summed E-state index contributed by atoms with van der Waals surface area (Å²) in [5.41, 5.74) is 0. The third kappa shape index (κ3) is 4.12. The minimum absolute atomic E-state index is 0.138. The molecule has 2 nitrogen and oxygen atoms in total. The fraction of sp³-hybridized carbons (Fsp3) is 0.917. The molecule has 14 heavy (non-hydrogen) atoms. The van der Waals surface area contributed by atoms with Crippen LogP contribution in [0.1, 0.15) is 52.4 Å². The highest BCUT2D eigenvalue weighted by atomic mass is 16.5. The van der Waals surface area contributed by atoms with E-state index in [0.717, 1.165) is 5.92 Å². The maximum absolute atomic E-state index is 10.6. The van der Waals surface area contributed by atoms with Gasteiger partial charge in [0, 0.05) is 6.92 Å². The first-order valence-electron chi connectivity index (χ1n) is 5.85. The average Bonchev–Trinajstić information content (AvgIpc) is 2.17. The quantitative estimate of drug-likeness (QED) is 0.649. The summed E-state index contributed by atoms with van der Waals surface area (Å²) < 4.78 is 5.04. The second kappa shape index (κ2) is 6.05. The number of carbonyl (C=O) groups is 1. The van der Waals surface area contributed by atoms with Crippen LogP contribution in [0.2, 0.25) is 0 Å². The summed E-state index contributed by atoms with van der Waals surface area (Å²) >= 11 is 0. The molecule has 2 heteroatoms. The average molecular weight is 198 g/mol. The molecule has 82 valence electrons. The van der Waals surface area contributed by atoms with Gasteiger partial charge in [0.25, 0.3) is 0 Å². The molecule has 0 spiro atoms. The van der Waals surface area contributed by atoms with Crippen molar-refractivity contribution in [3.05, 3.63) is 0 Å². The Bertz CT molecular complexity index is 169. The molecule has 0 unspecified atom stereocenters. The van der Waals surface area contributed by atoms with Gasteiger partial charge in [0.05, 0.1) is 6.61 Å². The second-order valence-corrected chi connectivity index (χ2v) is 4.48. The summed E-state index contributed by atoms with van der Waals surface area (Å²) in [5, 5.41) is 0. The van der Waals surface area contributed by atoms with E-state index in [0.29, 0.717) is 12.5 Å². The normalized spacial score (nSPS) is 27.3. The first kappa shape index (κ1) is 11.5. The van der Waals surface area contributed by atoms with Crippen molar-refractivity contribution in [2.45, 2.75) is 52.4 Å². The summed E-state index contributed by atoms with van der Waals surface area (Å²) in [6, 6.07) is 0. The van der Waals surface area contributed by atoms with Crippen LogP contribution in [-0.2, 0) is 9.53 Å². The van der Waals surface area contributed by atoms with Crippen LogP contribution < -0.4 is 0 Å². The minimum atomic E-state index is -0.138. The lowest BCUT2D eigenvalue weighted by Gasteiger charge is -2.27. The van der Waals surface area contributed by atoms with Gasteiger partial charge in [-0.15, -0.1) is 0 Å². The van der Waals surface area contributed by atoms with Gasteiger partial charge in [-0.3, -0.25) is 4.79 Å². The van der Waals surface area contributed by atoms with E-state index in [9.17, 15) is 4.79 Å². The number of carbonyl (C=O) groups excluding carboxylic acids is 1. The van der Waals surface area contributed by atoms with Crippen molar-refractivity contribution in [2.75, 3.05) is 6.61 Å². The molecule has 1 rings (SSSR count). The van der Waals surface area contributed by atoms with Crippen LogP contribution in [0.25, 0.3) is 0 Å². The van der Waals surface area contributed by atoms with Crippen molar-refractivity contribution in [3.8, 4) is 0 Å². The molecule has 0 aromatic carbocycles. The molecule has 0 saturated heterocycles. The first-order valence-corrected chi connectivity index (χ1v) is 5.85. The molecule has 0 bridgehead atoms. The lowest BCUT2D eigenvalue weighted by Crippen LogP contribution is -2.19. The van der Waals surface area contributed by atoms with E-state index in [4.69, 9.17) is 4.74 Å². The molecule has 0 aromatic heterocycles. The molecular weight excluding hydrogens is 176 g/mol. The molecule has 1 fully saturated rings. The molecule has 1 aliphatic carbocycles. The van der Waals surface area contributed by atoms with E-state index < -0.39 is 0 Å². The Kier molecular flexibility index (Phi) is 4.99. The fourth-order valence-corrected chi connectivity index (χ4v) is 2.33. The smallest absolute Gasteiger partial charge is 0.302 e. The van der Waals surface area contributed by atoms with Crippen molar-refractivity contribution >= 4 is 5.97 Å². The van der Waals surface area contributed by atoms with Gasteiger partial charge in [-0.25, -0.2) is 0 Å². The van der Waals surface area contributed by atoms with Crippen molar-refractivity contribution in [2.24, 2.45) is 11.8 Å². The van der Waals surface area contributed by atoms with Crippen LogP contribution in [0.3, 0.4) is 0 Å². The zero-order valence-corrected chi connectivity index (χ0v) is 9.42. The third-order valence-corrected chi connectivity index (χ3v) is 3.19. The standard InChI is InChI=1S/C12H22O2/c1-3-4-11-5-7-12(8-6-11)9-14-10(2)13/h11-12H,3-9H2,1-2H3. The Hall–Kier alpha value is -0.530. The fourth-order valence-electron chi connectivity index (χ4n) is 2.33. The van der Waals surface area contributed by atoms with Crippen LogP contribution >= 0.6 is 0 Å². The molecule has 0 radical (unpaired) electrons. The molecule has 0 atom stereocenters. The highest BCUT2D eigenvalue weighted by Crippen LogP contribution is 2.31. The van der Waals surface area contributed by atoms with E-state index in [1.807, 2.05) is 0 Å². The van der Waals surface area contributed by atoms with Gasteiger partial charge in [-0.2, -0.15) is 0 Å². The van der Waals surface area contributed by atoms with Crippen molar-refractivity contribution in [1.82, 2.24) is 0 Å². The maximum Gasteiger partial charge on any atom is 0.302 e. The largest absolute Gasteiger partial charge is 0.466 e. The monoisotopic (exact) mass is 198 g/mol. The predicted molar refractivity (Wildman–Crippen MR) is 57.0 cm³/mol. The van der Waals surface area contributed by atoms with Crippen LogP contribution in [0.4, 0.5) is 0 Å². The van der Waals surface area contributed by atoms with Gasteiger partial charge >= 0.3 is 5.97 Å². The Morgan fingerprint density at radius 2 is 1.79 bits per heavy atom. The predicted octanol–water partition coefficient (Wildman–Crippen LogP) is 3.16. The lowest BCUT2D eigenvalue weighted by atomic mass is 9.80. The molecule has 0 heterocycles.